The molecule has 0 aliphatic rings. The molecule has 3 heteroatoms. The van der Waals surface area contributed by atoms with Gasteiger partial charge in [0.05, 0.1) is 19.3 Å². The van der Waals surface area contributed by atoms with Crippen molar-refractivity contribution in [3.63, 3.8) is 0 Å². The first-order valence-electron chi connectivity index (χ1n) is 14.8. The zero-order valence-electron chi connectivity index (χ0n) is 22.8. The van der Waals surface area contributed by atoms with E-state index in [0.717, 1.165) is 52.1 Å². The fourth-order valence-corrected chi connectivity index (χ4v) is 4.61. The molecule has 0 unspecified atom stereocenters. The Balaban J connectivity index is 1.23. The van der Waals surface area contributed by atoms with Crippen molar-refractivity contribution in [2.24, 2.45) is 0 Å². The molecular weight excluding hydrogens is 444 g/mol. The van der Waals surface area contributed by atoms with Crippen molar-refractivity contribution in [2.75, 3.05) is 13.2 Å². The zero-order valence-corrected chi connectivity index (χ0v) is 22.8. The summed E-state index contributed by atoms with van der Waals surface area (Å²) >= 11 is 0. The quantitative estimate of drug-likeness (QED) is 0.147. The molecule has 0 atom stereocenters. The molecule has 3 nitrogen and oxygen atoms in total. The van der Waals surface area contributed by atoms with Crippen molar-refractivity contribution in [3.8, 4) is 0 Å². The topological polar surface area (TPSA) is 38.7 Å². The van der Waals surface area contributed by atoms with Gasteiger partial charge < -0.3 is 14.6 Å². The summed E-state index contributed by atoms with van der Waals surface area (Å²) in [4.78, 5) is 0. The van der Waals surface area contributed by atoms with Crippen LogP contribution in [0.2, 0.25) is 0 Å². The third-order valence-corrected chi connectivity index (χ3v) is 6.88. The second-order valence-electron chi connectivity index (χ2n) is 10.3. The number of benzene rings is 2. The number of ether oxygens (including phenoxy) is 2. The van der Waals surface area contributed by atoms with Gasteiger partial charge in [-0.3, -0.25) is 0 Å². The van der Waals surface area contributed by atoms with Gasteiger partial charge in [-0.25, -0.2) is 0 Å². The predicted molar refractivity (Wildman–Crippen MR) is 152 cm³/mol. The van der Waals surface area contributed by atoms with Gasteiger partial charge in [-0.1, -0.05) is 138 Å². The minimum Gasteiger partial charge on any atom is -0.393 e. The first-order valence-corrected chi connectivity index (χ1v) is 14.8. The molecule has 0 saturated heterocycles. The maximum atomic E-state index is 10.2. The molecule has 202 valence electrons. The van der Waals surface area contributed by atoms with Crippen LogP contribution in [0.3, 0.4) is 0 Å². The highest BCUT2D eigenvalue weighted by atomic mass is 16.5. The van der Waals surface area contributed by atoms with E-state index in [1.165, 1.54) is 88.2 Å². The maximum Gasteiger partial charge on any atom is 0.0716 e. The normalized spacial score (nSPS) is 11.4. The van der Waals surface area contributed by atoms with Crippen molar-refractivity contribution in [3.05, 3.63) is 71.8 Å². The fraction of sp³-hybridized carbons (Fsp3) is 0.636. The minimum absolute atomic E-state index is 0.0893. The molecule has 0 aliphatic carbocycles. The molecule has 36 heavy (non-hydrogen) atoms. The van der Waals surface area contributed by atoms with Gasteiger partial charge >= 0.3 is 0 Å². The van der Waals surface area contributed by atoms with Gasteiger partial charge in [-0.2, -0.15) is 0 Å². The molecule has 0 aromatic heterocycles. The first kappa shape index (κ1) is 30.5. The van der Waals surface area contributed by atoms with Crippen LogP contribution in [0.25, 0.3) is 0 Å². The summed E-state index contributed by atoms with van der Waals surface area (Å²) < 4.78 is 11.5. The highest BCUT2D eigenvalue weighted by molar-refractivity contribution is 5.14. The molecule has 0 spiro atoms. The number of hydrogen-bond donors (Lipinski definition) is 1. The third-order valence-electron chi connectivity index (χ3n) is 6.88. The highest BCUT2D eigenvalue weighted by Gasteiger charge is 2.04. The van der Waals surface area contributed by atoms with Crippen molar-refractivity contribution in [1.82, 2.24) is 0 Å². The lowest BCUT2D eigenvalue weighted by molar-refractivity contribution is 0.116. The number of aliphatic hydroxyl groups excluding tert-OH is 1. The molecule has 0 aliphatic heterocycles. The van der Waals surface area contributed by atoms with Crippen LogP contribution in [-0.2, 0) is 22.7 Å². The van der Waals surface area contributed by atoms with Gasteiger partial charge in [0.25, 0.3) is 0 Å². The Labute approximate surface area is 221 Å². The summed E-state index contributed by atoms with van der Waals surface area (Å²) in [6, 6.07) is 20.8. The molecular formula is C33H52O3. The Kier molecular flexibility index (Phi) is 19.1. The molecule has 1 N–H and O–H groups in total. The highest BCUT2D eigenvalue weighted by Crippen LogP contribution is 2.15. The molecule has 2 rings (SSSR count). The van der Waals surface area contributed by atoms with E-state index in [4.69, 9.17) is 9.47 Å². The van der Waals surface area contributed by atoms with Gasteiger partial charge in [-0.15, -0.1) is 0 Å². The van der Waals surface area contributed by atoms with Crippen molar-refractivity contribution >= 4 is 0 Å². The molecule has 2 aromatic rings. The Hall–Kier alpha value is -1.68. The van der Waals surface area contributed by atoms with E-state index in [-0.39, 0.29) is 6.10 Å². The second kappa shape index (κ2) is 22.5. The number of hydrogen-bond acceptors (Lipinski definition) is 3. The van der Waals surface area contributed by atoms with E-state index in [1.807, 2.05) is 12.1 Å². The number of unbranched alkanes of at least 4 members (excludes halogenated alkanes) is 12. The van der Waals surface area contributed by atoms with Gasteiger partial charge in [0, 0.05) is 13.2 Å². The van der Waals surface area contributed by atoms with E-state index in [9.17, 15) is 5.11 Å². The van der Waals surface area contributed by atoms with Gasteiger partial charge in [-0.05, 0) is 36.8 Å². The lowest BCUT2D eigenvalue weighted by Gasteiger charge is -2.10. The van der Waals surface area contributed by atoms with Gasteiger partial charge in [0.2, 0.25) is 0 Å². The van der Waals surface area contributed by atoms with Crippen molar-refractivity contribution < 1.29 is 14.6 Å². The lowest BCUT2D eigenvalue weighted by atomic mass is 10.0. The molecule has 0 heterocycles. The average Bonchev–Trinajstić information content (AvgIpc) is 2.91. The fourth-order valence-electron chi connectivity index (χ4n) is 4.61. The predicted octanol–water partition coefficient (Wildman–Crippen LogP) is 9.02. The number of rotatable bonds is 24. The average molecular weight is 497 g/mol. The summed E-state index contributed by atoms with van der Waals surface area (Å²) in [5, 5.41) is 10.2. The Morgan fingerprint density at radius 2 is 0.778 bits per heavy atom. The Bertz CT molecular complexity index is 642. The van der Waals surface area contributed by atoms with E-state index < -0.39 is 0 Å². The summed E-state index contributed by atoms with van der Waals surface area (Å²) in [6.45, 7) is 3.19. The minimum atomic E-state index is -0.0893. The van der Waals surface area contributed by atoms with Crippen LogP contribution in [0.15, 0.2) is 60.7 Å². The zero-order chi connectivity index (χ0) is 25.4. The second-order valence-corrected chi connectivity index (χ2v) is 10.3. The molecule has 0 fully saturated rings. The summed E-state index contributed by atoms with van der Waals surface area (Å²) in [5.41, 5.74) is 2.51. The summed E-state index contributed by atoms with van der Waals surface area (Å²) in [7, 11) is 0. The van der Waals surface area contributed by atoms with Crippen LogP contribution >= 0.6 is 0 Å². The van der Waals surface area contributed by atoms with E-state index in [1.54, 1.807) is 0 Å². The summed E-state index contributed by atoms with van der Waals surface area (Å²) in [6.07, 6.45) is 19.4. The van der Waals surface area contributed by atoms with E-state index in [2.05, 4.69) is 48.5 Å². The largest absolute Gasteiger partial charge is 0.393 e. The maximum absolute atomic E-state index is 10.2. The van der Waals surface area contributed by atoms with Crippen LogP contribution in [0.4, 0.5) is 0 Å². The first-order chi connectivity index (χ1) is 17.8. The van der Waals surface area contributed by atoms with Gasteiger partial charge in [0.1, 0.15) is 0 Å². The van der Waals surface area contributed by atoms with Crippen LogP contribution in [0, 0.1) is 0 Å². The van der Waals surface area contributed by atoms with Crippen LogP contribution in [-0.4, -0.2) is 24.4 Å². The smallest absolute Gasteiger partial charge is 0.0716 e. The molecule has 0 radical (unpaired) electrons. The number of aliphatic hydroxyl groups is 1. The molecule has 2 aromatic carbocycles. The van der Waals surface area contributed by atoms with Gasteiger partial charge in [0.15, 0.2) is 0 Å². The SMILES string of the molecule is OC(CCCCCCCCCOCc1ccccc1)CCCCCCCCCOCc1ccccc1. The lowest BCUT2D eigenvalue weighted by Crippen LogP contribution is -2.05. The Morgan fingerprint density at radius 3 is 1.17 bits per heavy atom. The van der Waals surface area contributed by atoms with E-state index >= 15 is 0 Å². The van der Waals surface area contributed by atoms with Crippen molar-refractivity contribution in [1.29, 1.82) is 0 Å². The third kappa shape index (κ3) is 17.7. The molecule has 0 bridgehead atoms. The van der Waals surface area contributed by atoms with Crippen LogP contribution in [0.1, 0.15) is 114 Å². The van der Waals surface area contributed by atoms with E-state index in [0.29, 0.717) is 0 Å². The molecule has 0 saturated carbocycles. The Morgan fingerprint density at radius 1 is 0.444 bits per heavy atom. The molecule has 0 amide bonds. The van der Waals surface area contributed by atoms with Crippen molar-refractivity contribution in [2.45, 2.75) is 122 Å². The standard InChI is InChI=1S/C33H52O3/c34-33(25-17-7-3-1-5-9-19-27-35-29-31-21-13-11-14-22-31)26-18-8-4-2-6-10-20-28-36-30-32-23-15-12-16-24-32/h11-16,21-24,33-34H,1-10,17-20,25-30H2. The van der Waals surface area contributed by atoms with Crippen LogP contribution in [0.5, 0.6) is 0 Å². The summed E-state index contributed by atoms with van der Waals surface area (Å²) in [5.74, 6) is 0. The monoisotopic (exact) mass is 496 g/mol. The van der Waals surface area contributed by atoms with Crippen LogP contribution < -0.4 is 0 Å².